The van der Waals surface area contributed by atoms with Crippen LogP contribution in [0.2, 0.25) is 0 Å². The van der Waals surface area contributed by atoms with E-state index >= 15 is 0 Å². The number of likely N-dealkylation sites (tertiary alicyclic amines) is 1. The first kappa shape index (κ1) is 20.5. The minimum Gasteiger partial charge on any atom is -0.352 e. The van der Waals surface area contributed by atoms with Crippen molar-refractivity contribution in [2.24, 2.45) is 11.8 Å². The number of carbonyl (C=O) groups excluding carboxylic acids is 1. The number of nitrogens with zero attached hydrogens (tertiary/aromatic N) is 3. The highest BCUT2D eigenvalue weighted by Crippen LogP contribution is 2.21. The van der Waals surface area contributed by atoms with E-state index in [9.17, 15) is 9.18 Å². The number of hydrogen-bond donors (Lipinski definition) is 1. The Hall–Kier alpha value is -2.21. The minimum atomic E-state index is -0.292. The molecule has 0 spiro atoms. The molecule has 1 amide bonds. The van der Waals surface area contributed by atoms with Gasteiger partial charge in [0.25, 0.3) is 5.91 Å². The average molecular weight is 387 g/mol. The molecule has 3 rings (SSSR count). The van der Waals surface area contributed by atoms with E-state index in [2.05, 4.69) is 29.2 Å². The SMILES string of the molecule is Cc1c(C(=O)NCCCCN2CC(C)CC(C)C2)cnn1-c1ccc(F)cc1. The minimum absolute atomic E-state index is 0.105. The highest BCUT2D eigenvalue weighted by atomic mass is 19.1. The van der Waals surface area contributed by atoms with Crippen LogP contribution < -0.4 is 5.32 Å². The van der Waals surface area contributed by atoms with Crippen LogP contribution in [0, 0.1) is 24.6 Å². The van der Waals surface area contributed by atoms with Gasteiger partial charge in [0, 0.05) is 19.6 Å². The lowest BCUT2D eigenvalue weighted by atomic mass is 9.92. The van der Waals surface area contributed by atoms with Gasteiger partial charge in [-0.15, -0.1) is 0 Å². The van der Waals surface area contributed by atoms with E-state index in [1.165, 1.54) is 31.6 Å². The van der Waals surface area contributed by atoms with Gasteiger partial charge in [-0.05, 0) is 68.8 Å². The van der Waals surface area contributed by atoms with E-state index in [1.54, 1.807) is 23.0 Å². The van der Waals surface area contributed by atoms with Crippen molar-refractivity contribution in [2.75, 3.05) is 26.2 Å². The lowest BCUT2D eigenvalue weighted by Gasteiger charge is -2.34. The molecule has 1 aliphatic heterocycles. The Morgan fingerprint density at radius 2 is 1.86 bits per heavy atom. The third-order valence-electron chi connectivity index (χ3n) is 5.46. The maximum absolute atomic E-state index is 13.1. The van der Waals surface area contributed by atoms with E-state index in [0.717, 1.165) is 42.6 Å². The molecule has 28 heavy (non-hydrogen) atoms. The monoisotopic (exact) mass is 386 g/mol. The summed E-state index contributed by atoms with van der Waals surface area (Å²) in [7, 11) is 0. The number of aromatic nitrogens is 2. The number of amides is 1. The van der Waals surface area contributed by atoms with Gasteiger partial charge in [0.2, 0.25) is 0 Å². The van der Waals surface area contributed by atoms with Gasteiger partial charge in [0.1, 0.15) is 5.82 Å². The molecule has 1 N–H and O–H groups in total. The van der Waals surface area contributed by atoms with Gasteiger partial charge < -0.3 is 10.2 Å². The van der Waals surface area contributed by atoms with Gasteiger partial charge in [-0.2, -0.15) is 5.10 Å². The smallest absolute Gasteiger partial charge is 0.254 e. The molecule has 2 aromatic rings. The second-order valence-corrected chi connectivity index (χ2v) is 8.20. The molecular formula is C22H31FN4O. The lowest BCUT2D eigenvalue weighted by molar-refractivity contribution is 0.0951. The standard InChI is InChI=1S/C22H31FN4O/c1-16-12-17(2)15-26(14-16)11-5-4-10-24-22(28)21-13-25-27(18(21)3)20-8-6-19(23)7-9-20/h6-9,13,16-17H,4-5,10-12,14-15H2,1-3H3,(H,24,28). The Morgan fingerprint density at radius 3 is 2.54 bits per heavy atom. The van der Waals surface area contributed by atoms with Crippen molar-refractivity contribution in [2.45, 2.75) is 40.0 Å². The number of piperidine rings is 1. The molecule has 0 radical (unpaired) electrons. The molecule has 152 valence electrons. The van der Waals surface area contributed by atoms with Gasteiger partial charge in [-0.25, -0.2) is 9.07 Å². The summed E-state index contributed by atoms with van der Waals surface area (Å²) in [5.74, 6) is 1.17. The van der Waals surface area contributed by atoms with E-state index in [4.69, 9.17) is 0 Å². The van der Waals surface area contributed by atoms with Crippen LogP contribution in [0.25, 0.3) is 5.69 Å². The van der Waals surface area contributed by atoms with Crippen molar-refractivity contribution >= 4 is 5.91 Å². The molecule has 2 heterocycles. The van der Waals surface area contributed by atoms with Crippen molar-refractivity contribution in [3.63, 3.8) is 0 Å². The van der Waals surface area contributed by atoms with Crippen molar-refractivity contribution in [1.82, 2.24) is 20.0 Å². The number of hydrogen-bond acceptors (Lipinski definition) is 3. The highest BCUT2D eigenvalue weighted by Gasteiger charge is 2.21. The lowest BCUT2D eigenvalue weighted by Crippen LogP contribution is -2.39. The van der Waals surface area contributed by atoms with Crippen LogP contribution >= 0.6 is 0 Å². The Labute approximate surface area is 166 Å². The first-order valence-electron chi connectivity index (χ1n) is 10.2. The Kier molecular flexibility index (Phi) is 6.83. The maximum atomic E-state index is 13.1. The van der Waals surface area contributed by atoms with Gasteiger partial charge in [-0.1, -0.05) is 13.8 Å². The van der Waals surface area contributed by atoms with Crippen LogP contribution in [0.15, 0.2) is 30.5 Å². The molecule has 5 nitrogen and oxygen atoms in total. The fourth-order valence-corrected chi connectivity index (χ4v) is 4.21. The van der Waals surface area contributed by atoms with Crippen LogP contribution in [0.3, 0.4) is 0 Å². The summed E-state index contributed by atoms with van der Waals surface area (Å²) in [5.41, 5.74) is 2.05. The fraction of sp³-hybridized carbons (Fsp3) is 0.545. The molecule has 0 aliphatic carbocycles. The molecule has 1 saturated heterocycles. The molecule has 1 aromatic carbocycles. The summed E-state index contributed by atoms with van der Waals surface area (Å²) in [6, 6.07) is 6.08. The molecule has 2 unspecified atom stereocenters. The number of unbranched alkanes of at least 4 members (excludes halogenated alkanes) is 1. The maximum Gasteiger partial charge on any atom is 0.254 e. The Bertz CT molecular complexity index is 776. The topological polar surface area (TPSA) is 50.2 Å². The summed E-state index contributed by atoms with van der Waals surface area (Å²) >= 11 is 0. The molecule has 2 atom stereocenters. The average Bonchev–Trinajstić information content (AvgIpc) is 3.03. The molecule has 1 fully saturated rings. The molecular weight excluding hydrogens is 355 g/mol. The van der Waals surface area contributed by atoms with Crippen LogP contribution in [-0.2, 0) is 0 Å². The molecule has 0 bridgehead atoms. The summed E-state index contributed by atoms with van der Waals surface area (Å²) in [6.45, 7) is 10.7. The molecule has 0 saturated carbocycles. The Morgan fingerprint density at radius 1 is 1.18 bits per heavy atom. The number of carbonyl (C=O) groups is 1. The predicted octanol–water partition coefficient (Wildman–Crippen LogP) is 3.81. The van der Waals surface area contributed by atoms with Crippen LogP contribution in [0.4, 0.5) is 4.39 Å². The van der Waals surface area contributed by atoms with Gasteiger partial charge >= 0.3 is 0 Å². The second-order valence-electron chi connectivity index (χ2n) is 8.20. The van der Waals surface area contributed by atoms with E-state index < -0.39 is 0 Å². The number of rotatable bonds is 7. The van der Waals surface area contributed by atoms with Crippen molar-refractivity contribution in [1.29, 1.82) is 0 Å². The van der Waals surface area contributed by atoms with Crippen LogP contribution in [0.5, 0.6) is 0 Å². The zero-order valence-electron chi connectivity index (χ0n) is 17.1. The van der Waals surface area contributed by atoms with E-state index in [0.29, 0.717) is 12.1 Å². The number of halogens is 1. The van der Waals surface area contributed by atoms with Crippen LogP contribution in [-0.4, -0.2) is 46.8 Å². The Balaban J connectivity index is 1.45. The summed E-state index contributed by atoms with van der Waals surface area (Å²) in [6.07, 6.45) is 4.96. The quantitative estimate of drug-likeness (QED) is 0.736. The summed E-state index contributed by atoms with van der Waals surface area (Å²) in [4.78, 5) is 15.0. The second kappa shape index (κ2) is 9.32. The van der Waals surface area contributed by atoms with Gasteiger partial charge in [-0.3, -0.25) is 4.79 Å². The molecule has 1 aromatic heterocycles. The first-order valence-corrected chi connectivity index (χ1v) is 10.2. The number of benzene rings is 1. The normalized spacial score (nSPS) is 20.3. The van der Waals surface area contributed by atoms with E-state index in [1.807, 2.05) is 6.92 Å². The molecule has 1 aliphatic rings. The third-order valence-corrected chi connectivity index (χ3v) is 5.46. The fourth-order valence-electron chi connectivity index (χ4n) is 4.21. The van der Waals surface area contributed by atoms with Gasteiger partial charge in [0.05, 0.1) is 23.1 Å². The van der Waals surface area contributed by atoms with Gasteiger partial charge in [0.15, 0.2) is 0 Å². The van der Waals surface area contributed by atoms with Crippen molar-refractivity contribution < 1.29 is 9.18 Å². The van der Waals surface area contributed by atoms with Crippen LogP contribution in [0.1, 0.15) is 49.2 Å². The zero-order valence-corrected chi connectivity index (χ0v) is 17.1. The summed E-state index contributed by atoms with van der Waals surface area (Å²) < 4.78 is 14.8. The first-order chi connectivity index (χ1) is 13.4. The third kappa shape index (κ3) is 5.19. The largest absolute Gasteiger partial charge is 0.352 e. The molecule has 6 heteroatoms. The van der Waals surface area contributed by atoms with Crippen molar-refractivity contribution in [3.8, 4) is 5.69 Å². The van der Waals surface area contributed by atoms with Crippen molar-refractivity contribution in [3.05, 3.63) is 47.5 Å². The number of nitrogens with one attached hydrogen (secondary N) is 1. The summed E-state index contributed by atoms with van der Waals surface area (Å²) in [5, 5.41) is 7.28. The zero-order chi connectivity index (χ0) is 20.1. The van der Waals surface area contributed by atoms with E-state index in [-0.39, 0.29) is 11.7 Å². The highest BCUT2D eigenvalue weighted by molar-refractivity contribution is 5.95. The predicted molar refractivity (Wildman–Crippen MR) is 109 cm³/mol.